The molecule has 152 valence electrons. The summed E-state index contributed by atoms with van der Waals surface area (Å²) >= 11 is 1.46. The number of carbonyl (C=O) groups is 2. The minimum atomic E-state index is -0.611. The highest BCUT2D eigenvalue weighted by Gasteiger charge is 2.20. The van der Waals surface area contributed by atoms with Crippen molar-refractivity contribution in [2.45, 2.75) is 13.0 Å². The molecule has 2 aromatic carbocycles. The molecule has 6 nitrogen and oxygen atoms in total. The number of para-hydroxylation sites is 1. The molecule has 0 aliphatic carbocycles. The molecule has 4 aromatic rings. The predicted octanol–water partition coefficient (Wildman–Crippen LogP) is 4.68. The standard InChI is InChI=1S/C22H18FN3O3S/c1-13-16-5-2-3-6-17(16)29-20(13)21(27)25-26-22(28)24-19(18-7-4-12-30-18)14-8-10-15(23)11-9-14/h2-12,19H,1H3,(H,25,27)(H2,24,26,28)/t19-/m0/s1. The number of urea groups is 1. The van der Waals surface area contributed by atoms with Crippen molar-refractivity contribution in [3.63, 3.8) is 0 Å². The van der Waals surface area contributed by atoms with E-state index in [0.29, 0.717) is 16.7 Å². The summed E-state index contributed by atoms with van der Waals surface area (Å²) in [4.78, 5) is 25.8. The van der Waals surface area contributed by atoms with Crippen molar-refractivity contribution in [1.82, 2.24) is 16.2 Å². The van der Waals surface area contributed by atoms with E-state index in [1.807, 2.05) is 35.7 Å². The number of hydrogen-bond acceptors (Lipinski definition) is 4. The number of thiophene rings is 1. The summed E-state index contributed by atoms with van der Waals surface area (Å²) in [5.74, 6) is -0.792. The van der Waals surface area contributed by atoms with Crippen LogP contribution in [0.5, 0.6) is 0 Å². The topological polar surface area (TPSA) is 83.4 Å². The first kappa shape index (κ1) is 19.7. The van der Waals surface area contributed by atoms with E-state index in [1.165, 1.54) is 23.5 Å². The molecule has 0 fully saturated rings. The number of nitrogens with one attached hydrogen (secondary N) is 3. The predicted molar refractivity (Wildman–Crippen MR) is 113 cm³/mol. The first-order valence-corrected chi connectivity index (χ1v) is 10.0. The van der Waals surface area contributed by atoms with Crippen LogP contribution in [-0.2, 0) is 0 Å². The highest BCUT2D eigenvalue weighted by molar-refractivity contribution is 7.10. The minimum absolute atomic E-state index is 0.129. The van der Waals surface area contributed by atoms with E-state index in [1.54, 1.807) is 25.1 Å². The lowest BCUT2D eigenvalue weighted by Gasteiger charge is -2.18. The molecule has 3 amide bonds. The number of fused-ring (bicyclic) bond motifs is 1. The summed E-state index contributed by atoms with van der Waals surface area (Å²) < 4.78 is 18.9. The third-order valence-corrected chi connectivity index (χ3v) is 5.58. The normalized spacial score (nSPS) is 11.8. The molecule has 0 aliphatic rings. The Hall–Kier alpha value is -3.65. The van der Waals surface area contributed by atoms with Crippen molar-refractivity contribution < 1.29 is 18.4 Å². The van der Waals surface area contributed by atoms with Crippen molar-refractivity contribution >= 4 is 34.2 Å². The Labute approximate surface area is 175 Å². The van der Waals surface area contributed by atoms with Gasteiger partial charge < -0.3 is 9.73 Å². The van der Waals surface area contributed by atoms with Gasteiger partial charge in [-0.2, -0.15) is 0 Å². The molecule has 2 heterocycles. The third-order valence-electron chi connectivity index (χ3n) is 4.65. The molecule has 3 N–H and O–H groups in total. The highest BCUT2D eigenvalue weighted by atomic mass is 32.1. The minimum Gasteiger partial charge on any atom is -0.451 e. The lowest BCUT2D eigenvalue weighted by molar-refractivity contribution is 0.0909. The molecule has 0 bridgehead atoms. The van der Waals surface area contributed by atoms with E-state index in [-0.39, 0.29) is 11.6 Å². The zero-order valence-corrected chi connectivity index (χ0v) is 16.8. The number of halogens is 1. The Morgan fingerprint density at radius 2 is 1.77 bits per heavy atom. The maximum atomic E-state index is 13.3. The second kappa shape index (κ2) is 8.38. The number of furan rings is 1. The highest BCUT2D eigenvalue weighted by Crippen LogP contribution is 2.26. The van der Waals surface area contributed by atoms with Gasteiger partial charge in [-0.3, -0.25) is 10.2 Å². The molecule has 0 saturated carbocycles. The van der Waals surface area contributed by atoms with Crippen LogP contribution in [0.2, 0.25) is 0 Å². The lowest BCUT2D eigenvalue weighted by atomic mass is 10.1. The van der Waals surface area contributed by atoms with Crippen LogP contribution in [0.1, 0.15) is 32.6 Å². The molecule has 8 heteroatoms. The Kier molecular flexibility index (Phi) is 5.49. The average Bonchev–Trinajstić information content (AvgIpc) is 3.40. The van der Waals surface area contributed by atoms with Gasteiger partial charge >= 0.3 is 11.9 Å². The number of carbonyl (C=O) groups excluding carboxylic acids is 2. The van der Waals surface area contributed by atoms with Gasteiger partial charge in [-0.05, 0) is 42.1 Å². The summed E-state index contributed by atoms with van der Waals surface area (Å²) in [6.45, 7) is 1.78. The van der Waals surface area contributed by atoms with Crippen molar-refractivity contribution in [2.24, 2.45) is 0 Å². The molecule has 0 spiro atoms. The summed E-state index contributed by atoms with van der Waals surface area (Å²) in [6.07, 6.45) is 0. The Morgan fingerprint density at radius 3 is 2.47 bits per heavy atom. The monoisotopic (exact) mass is 423 g/mol. The SMILES string of the molecule is Cc1c(C(=O)NNC(=O)N[C@@H](c2ccc(F)cc2)c2cccs2)oc2ccccc12. The van der Waals surface area contributed by atoms with Gasteiger partial charge in [-0.15, -0.1) is 11.3 Å². The molecular weight excluding hydrogens is 405 g/mol. The Bertz CT molecular complexity index is 1190. The summed E-state index contributed by atoms with van der Waals surface area (Å²) in [5, 5.41) is 5.52. The van der Waals surface area contributed by atoms with Crippen LogP contribution in [0.4, 0.5) is 9.18 Å². The zero-order chi connectivity index (χ0) is 21.1. The van der Waals surface area contributed by atoms with Crippen molar-refractivity contribution in [1.29, 1.82) is 0 Å². The van der Waals surface area contributed by atoms with E-state index in [9.17, 15) is 14.0 Å². The van der Waals surface area contributed by atoms with E-state index >= 15 is 0 Å². The van der Waals surface area contributed by atoms with Crippen LogP contribution in [0.3, 0.4) is 0 Å². The van der Waals surface area contributed by atoms with Crippen LogP contribution in [0, 0.1) is 12.7 Å². The maximum Gasteiger partial charge on any atom is 0.334 e. The number of amides is 3. The van der Waals surface area contributed by atoms with Crippen LogP contribution >= 0.6 is 11.3 Å². The van der Waals surface area contributed by atoms with Gasteiger partial charge in [0, 0.05) is 15.8 Å². The first-order valence-electron chi connectivity index (χ1n) is 9.17. The fourth-order valence-electron chi connectivity index (χ4n) is 3.16. The zero-order valence-electron chi connectivity index (χ0n) is 15.9. The largest absolute Gasteiger partial charge is 0.451 e. The Balaban J connectivity index is 1.45. The molecule has 30 heavy (non-hydrogen) atoms. The van der Waals surface area contributed by atoms with Crippen molar-refractivity contribution in [3.05, 3.63) is 93.6 Å². The fraction of sp³-hybridized carbons (Fsp3) is 0.0909. The molecule has 0 unspecified atom stereocenters. The maximum absolute atomic E-state index is 13.3. The van der Waals surface area contributed by atoms with E-state index in [2.05, 4.69) is 16.2 Å². The van der Waals surface area contributed by atoms with Crippen LogP contribution in [0.25, 0.3) is 11.0 Å². The molecule has 4 rings (SSSR count). The van der Waals surface area contributed by atoms with Crippen LogP contribution in [0.15, 0.2) is 70.5 Å². The van der Waals surface area contributed by atoms with Crippen LogP contribution in [-0.4, -0.2) is 11.9 Å². The summed E-state index contributed by atoms with van der Waals surface area (Å²) in [5.41, 5.74) is 6.71. The molecule has 0 radical (unpaired) electrons. The number of aryl methyl sites for hydroxylation is 1. The fourth-order valence-corrected chi connectivity index (χ4v) is 3.96. The van der Waals surface area contributed by atoms with E-state index in [0.717, 1.165) is 10.3 Å². The number of hydrazine groups is 1. The number of benzene rings is 2. The van der Waals surface area contributed by atoms with Gasteiger partial charge in [0.05, 0.1) is 6.04 Å². The van der Waals surface area contributed by atoms with E-state index in [4.69, 9.17) is 4.42 Å². The second-order valence-corrected chi connectivity index (χ2v) is 7.58. The van der Waals surface area contributed by atoms with Gasteiger partial charge in [0.2, 0.25) is 0 Å². The molecular formula is C22H18FN3O3S. The van der Waals surface area contributed by atoms with Gasteiger partial charge in [0.25, 0.3) is 0 Å². The number of rotatable bonds is 4. The van der Waals surface area contributed by atoms with E-state index < -0.39 is 18.0 Å². The Morgan fingerprint density at radius 1 is 1.00 bits per heavy atom. The number of hydrogen-bond donors (Lipinski definition) is 3. The summed E-state index contributed by atoms with van der Waals surface area (Å²) in [7, 11) is 0. The molecule has 0 aliphatic heterocycles. The second-order valence-electron chi connectivity index (χ2n) is 6.60. The first-order chi connectivity index (χ1) is 14.5. The molecule has 2 aromatic heterocycles. The third kappa shape index (κ3) is 4.04. The van der Waals surface area contributed by atoms with Crippen molar-refractivity contribution in [3.8, 4) is 0 Å². The van der Waals surface area contributed by atoms with Gasteiger partial charge in [0.1, 0.15) is 11.4 Å². The van der Waals surface area contributed by atoms with Gasteiger partial charge in [-0.25, -0.2) is 14.6 Å². The van der Waals surface area contributed by atoms with Crippen molar-refractivity contribution in [2.75, 3.05) is 0 Å². The van der Waals surface area contributed by atoms with Gasteiger partial charge in [0.15, 0.2) is 5.76 Å². The smallest absolute Gasteiger partial charge is 0.334 e. The molecule has 0 saturated heterocycles. The van der Waals surface area contributed by atoms with Gasteiger partial charge in [-0.1, -0.05) is 36.4 Å². The molecule has 1 atom stereocenters. The summed E-state index contributed by atoms with van der Waals surface area (Å²) in [6, 6.07) is 15.8. The quantitative estimate of drug-likeness (QED) is 0.417. The van der Waals surface area contributed by atoms with Crippen LogP contribution < -0.4 is 16.2 Å². The lowest BCUT2D eigenvalue weighted by Crippen LogP contribution is -2.48. The average molecular weight is 423 g/mol.